The van der Waals surface area contributed by atoms with E-state index in [-0.39, 0.29) is 17.6 Å². The van der Waals surface area contributed by atoms with Crippen molar-refractivity contribution in [1.29, 1.82) is 0 Å². The number of anilines is 1. The van der Waals surface area contributed by atoms with Crippen molar-refractivity contribution in [1.82, 2.24) is 4.90 Å². The van der Waals surface area contributed by atoms with Gasteiger partial charge in [-0.25, -0.2) is 8.42 Å². The summed E-state index contributed by atoms with van der Waals surface area (Å²) in [7, 11) is -2.18. The first-order valence-corrected chi connectivity index (χ1v) is 11.6. The molecule has 0 saturated heterocycles. The average Bonchev–Trinajstić information content (AvgIpc) is 3.23. The molecular formula is C24H24N2O5S. The minimum absolute atomic E-state index is 0.0698. The summed E-state index contributed by atoms with van der Waals surface area (Å²) in [6, 6.07) is 17.3. The number of aryl methyl sites for hydroxylation is 2. The number of ether oxygens (including phenoxy) is 2. The van der Waals surface area contributed by atoms with Crippen LogP contribution in [0.4, 0.5) is 5.69 Å². The smallest absolute Gasteiger partial charge is 0.262 e. The van der Waals surface area contributed by atoms with Crippen LogP contribution in [0.15, 0.2) is 65.6 Å². The molecule has 3 aromatic carbocycles. The van der Waals surface area contributed by atoms with Crippen molar-refractivity contribution in [3.8, 4) is 11.5 Å². The average molecular weight is 453 g/mol. The third-order valence-corrected chi connectivity index (χ3v) is 6.76. The molecule has 0 atom stereocenters. The Morgan fingerprint density at radius 1 is 0.969 bits per heavy atom. The fraction of sp³-hybridized carbons (Fsp3) is 0.208. The predicted molar refractivity (Wildman–Crippen MR) is 122 cm³/mol. The van der Waals surface area contributed by atoms with Gasteiger partial charge in [-0.05, 0) is 61.4 Å². The second-order valence-electron chi connectivity index (χ2n) is 7.80. The molecule has 1 aliphatic rings. The Labute approximate surface area is 187 Å². The topological polar surface area (TPSA) is 84.9 Å². The molecule has 32 heavy (non-hydrogen) atoms. The van der Waals surface area contributed by atoms with Gasteiger partial charge in [0.2, 0.25) is 6.79 Å². The van der Waals surface area contributed by atoms with E-state index in [1.807, 2.05) is 37.3 Å². The van der Waals surface area contributed by atoms with Crippen LogP contribution < -0.4 is 14.2 Å². The van der Waals surface area contributed by atoms with Crippen LogP contribution in [-0.2, 0) is 16.6 Å². The van der Waals surface area contributed by atoms with Gasteiger partial charge in [0.05, 0.1) is 4.90 Å². The van der Waals surface area contributed by atoms with E-state index >= 15 is 0 Å². The lowest BCUT2D eigenvalue weighted by atomic mass is 10.1. The van der Waals surface area contributed by atoms with Crippen LogP contribution in [0.5, 0.6) is 11.5 Å². The fourth-order valence-electron chi connectivity index (χ4n) is 3.46. The molecule has 1 N–H and O–H groups in total. The number of benzene rings is 3. The van der Waals surface area contributed by atoms with E-state index in [9.17, 15) is 13.2 Å². The van der Waals surface area contributed by atoms with E-state index in [1.54, 1.807) is 38.2 Å². The van der Waals surface area contributed by atoms with Crippen LogP contribution in [0.2, 0.25) is 0 Å². The molecule has 0 fully saturated rings. The third-order valence-electron chi connectivity index (χ3n) is 5.23. The zero-order chi connectivity index (χ0) is 22.9. The maximum Gasteiger partial charge on any atom is 0.262 e. The highest BCUT2D eigenvalue weighted by Gasteiger charge is 2.21. The van der Waals surface area contributed by atoms with Gasteiger partial charge in [0.25, 0.3) is 15.9 Å². The lowest BCUT2D eigenvalue weighted by Crippen LogP contribution is -2.26. The molecule has 8 heteroatoms. The summed E-state index contributed by atoms with van der Waals surface area (Å²) >= 11 is 0. The van der Waals surface area contributed by atoms with Gasteiger partial charge in [0.15, 0.2) is 11.5 Å². The molecule has 0 radical (unpaired) electrons. The molecule has 0 bridgehead atoms. The first-order valence-electron chi connectivity index (χ1n) is 10.1. The molecule has 0 spiro atoms. The fourth-order valence-corrected chi connectivity index (χ4v) is 4.79. The molecule has 166 valence electrons. The summed E-state index contributed by atoms with van der Waals surface area (Å²) in [5, 5.41) is 0. The van der Waals surface area contributed by atoms with Crippen molar-refractivity contribution in [2.75, 3.05) is 18.6 Å². The summed E-state index contributed by atoms with van der Waals surface area (Å²) in [4.78, 5) is 14.6. The largest absolute Gasteiger partial charge is 0.454 e. The molecule has 0 saturated carbocycles. The third kappa shape index (κ3) is 4.55. The van der Waals surface area contributed by atoms with Crippen LogP contribution in [0, 0.1) is 13.8 Å². The van der Waals surface area contributed by atoms with Gasteiger partial charge in [-0.2, -0.15) is 0 Å². The number of hydrogen-bond donors (Lipinski definition) is 1. The summed E-state index contributed by atoms with van der Waals surface area (Å²) in [5.74, 6) is 1.04. The van der Waals surface area contributed by atoms with Crippen LogP contribution in [0.1, 0.15) is 27.0 Å². The summed E-state index contributed by atoms with van der Waals surface area (Å²) in [6.45, 7) is 4.16. The van der Waals surface area contributed by atoms with Crippen LogP contribution >= 0.6 is 0 Å². The van der Waals surface area contributed by atoms with E-state index in [0.29, 0.717) is 34.9 Å². The van der Waals surface area contributed by atoms with Gasteiger partial charge in [-0.3, -0.25) is 9.52 Å². The van der Waals surface area contributed by atoms with Crippen LogP contribution in [0.25, 0.3) is 0 Å². The van der Waals surface area contributed by atoms with Crippen molar-refractivity contribution in [3.05, 3.63) is 82.9 Å². The zero-order valence-corrected chi connectivity index (χ0v) is 18.9. The van der Waals surface area contributed by atoms with E-state index in [0.717, 1.165) is 11.1 Å². The van der Waals surface area contributed by atoms with Crippen LogP contribution in [-0.4, -0.2) is 33.1 Å². The number of carbonyl (C=O) groups excluding carboxylic acids is 1. The van der Waals surface area contributed by atoms with Crippen molar-refractivity contribution in [2.24, 2.45) is 0 Å². The highest BCUT2D eigenvalue weighted by molar-refractivity contribution is 7.92. The van der Waals surface area contributed by atoms with E-state index in [2.05, 4.69) is 4.72 Å². The Hall–Kier alpha value is -3.52. The Balaban J connectivity index is 1.54. The van der Waals surface area contributed by atoms with Crippen molar-refractivity contribution in [3.63, 3.8) is 0 Å². The Bertz CT molecular complexity index is 1270. The molecule has 4 rings (SSSR count). The number of fused-ring (bicyclic) bond motifs is 1. The van der Waals surface area contributed by atoms with Gasteiger partial charge in [0.1, 0.15) is 0 Å². The second kappa shape index (κ2) is 8.55. The second-order valence-corrected chi connectivity index (χ2v) is 9.45. The number of carbonyl (C=O) groups is 1. The lowest BCUT2D eigenvalue weighted by molar-refractivity contribution is 0.0784. The molecule has 0 aromatic heterocycles. The number of nitrogens with zero attached hydrogens (tertiary/aromatic N) is 1. The molecule has 1 aliphatic heterocycles. The highest BCUT2D eigenvalue weighted by atomic mass is 32.2. The lowest BCUT2D eigenvalue weighted by Gasteiger charge is -2.19. The van der Waals surface area contributed by atoms with Gasteiger partial charge in [-0.1, -0.05) is 29.8 Å². The molecule has 0 unspecified atom stereocenters. The molecule has 7 nitrogen and oxygen atoms in total. The maximum atomic E-state index is 13.0. The number of rotatable bonds is 6. The number of sulfonamides is 1. The number of hydrogen-bond acceptors (Lipinski definition) is 5. The van der Waals surface area contributed by atoms with Crippen molar-refractivity contribution >= 4 is 21.6 Å². The van der Waals surface area contributed by atoms with Crippen LogP contribution in [0.3, 0.4) is 0 Å². The van der Waals surface area contributed by atoms with E-state index < -0.39 is 10.0 Å². The SMILES string of the molecule is Cc1ccc(NS(=O)(=O)c2cc(C(=O)N(C)Cc3ccc4c(c3)OCO4)ccc2C)cc1. The first kappa shape index (κ1) is 21.7. The summed E-state index contributed by atoms with van der Waals surface area (Å²) in [5.41, 5.74) is 3.22. The maximum absolute atomic E-state index is 13.0. The Morgan fingerprint density at radius 2 is 1.69 bits per heavy atom. The number of amides is 1. The zero-order valence-electron chi connectivity index (χ0n) is 18.1. The summed E-state index contributed by atoms with van der Waals surface area (Å²) < 4.78 is 39.3. The van der Waals surface area contributed by atoms with E-state index in [4.69, 9.17) is 9.47 Å². The molecular weight excluding hydrogens is 428 g/mol. The quantitative estimate of drug-likeness (QED) is 0.609. The van der Waals surface area contributed by atoms with Gasteiger partial charge in [0, 0.05) is 24.8 Å². The Morgan fingerprint density at radius 3 is 2.44 bits per heavy atom. The molecule has 1 heterocycles. The monoisotopic (exact) mass is 452 g/mol. The first-order chi connectivity index (χ1) is 15.2. The molecule has 0 aliphatic carbocycles. The van der Waals surface area contributed by atoms with Crippen molar-refractivity contribution < 1.29 is 22.7 Å². The summed E-state index contributed by atoms with van der Waals surface area (Å²) in [6.07, 6.45) is 0. The highest BCUT2D eigenvalue weighted by Crippen LogP contribution is 2.33. The van der Waals surface area contributed by atoms with Gasteiger partial charge in [-0.15, -0.1) is 0 Å². The standard InChI is InChI=1S/C24H24N2O5S/c1-16-4-9-20(10-5-16)25-32(28,29)23-13-19(8-6-17(23)2)24(27)26(3)14-18-7-11-21-22(12-18)31-15-30-21/h4-13,25H,14-15H2,1-3H3. The van der Waals surface area contributed by atoms with E-state index in [1.165, 1.54) is 11.0 Å². The normalized spacial score (nSPS) is 12.5. The van der Waals surface area contributed by atoms with Gasteiger partial charge >= 0.3 is 0 Å². The van der Waals surface area contributed by atoms with Crippen molar-refractivity contribution in [2.45, 2.75) is 25.3 Å². The number of nitrogens with one attached hydrogen (secondary N) is 1. The predicted octanol–water partition coefficient (Wildman–Crippen LogP) is 4.11. The minimum atomic E-state index is -3.86. The minimum Gasteiger partial charge on any atom is -0.454 e. The Kier molecular flexibility index (Phi) is 5.80. The molecule has 1 amide bonds. The van der Waals surface area contributed by atoms with Gasteiger partial charge < -0.3 is 14.4 Å². The molecule has 3 aromatic rings.